The molecule has 1 saturated carbocycles. The van der Waals surface area contributed by atoms with Gasteiger partial charge in [-0.2, -0.15) is 0 Å². The number of rotatable bonds is 4. The van der Waals surface area contributed by atoms with Crippen LogP contribution in [0.15, 0.2) is 18.2 Å². The minimum atomic E-state index is 0.290. The Bertz CT molecular complexity index is 422. The van der Waals surface area contributed by atoms with E-state index in [1.807, 2.05) is 18.2 Å². The highest BCUT2D eigenvalue weighted by molar-refractivity contribution is 7.80. The second-order valence-electron chi connectivity index (χ2n) is 4.83. The van der Waals surface area contributed by atoms with Crippen LogP contribution in [0.25, 0.3) is 0 Å². The maximum Gasteiger partial charge on any atom is 0.214 e. The van der Waals surface area contributed by atoms with Crippen molar-refractivity contribution in [2.45, 2.75) is 45.1 Å². The van der Waals surface area contributed by atoms with Crippen molar-refractivity contribution < 1.29 is 4.74 Å². The molecule has 2 atom stereocenters. The highest BCUT2D eigenvalue weighted by Crippen LogP contribution is 2.29. The van der Waals surface area contributed by atoms with Gasteiger partial charge in [0.15, 0.2) is 0 Å². The van der Waals surface area contributed by atoms with Gasteiger partial charge >= 0.3 is 0 Å². The van der Waals surface area contributed by atoms with Crippen LogP contribution in [0.2, 0.25) is 0 Å². The number of nitrogens with two attached hydrogens (primary N) is 1. The predicted molar refractivity (Wildman–Crippen MR) is 76.8 cm³/mol. The molecule has 18 heavy (non-hydrogen) atoms. The van der Waals surface area contributed by atoms with E-state index in [-0.39, 0.29) is 6.10 Å². The first-order valence-corrected chi connectivity index (χ1v) is 7.05. The average Bonchev–Trinajstić information content (AvgIpc) is 2.39. The van der Waals surface area contributed by atoms with Crippen LogP contribution in [0, 0.1) is 5.92 Å². The molecule has 0 radical (unpaired) electrons. The van der Waals surface area contributed by atoms with Gasteiger partial charge in [0.25, 0.3) is 0 Å². The van der Waals surface area contributed by atoms with Crippen LogP contribution in [-0.4, -0.2) is 16.1 Å². The van der Waals surface area contributed by atoms with Crippen molar-refractivity contribution in [3.63, 3.8) is 0 Å². The lowest BCUT2D eigenvalue weighted by atomic mass is 9.85. The van der Waals surface area contributed by atoms with E-state index < -0.39 is 0 Å². The smallest absolute Gasteiger partial charge is 0.214 e. The lowest BCUT2D eigenvalue weighted by molar-refractivity contribution is 0.0858. The highest BCUT2D eigenvalue weighted by atomic mass is 32.1. The lowest BCUT2D eigenvalue weighted by Crippen LogP contribution is -2.30. The summed E-state index contributed by atoms with van der Waals surface area (Å²) in [6.45, 7) is 2.23. The molecule has 1 aromatic heterocycles. The van der Waals surface area contributed by atoms with Crippen LogP contribution in [-0.2, 0) is 0 Å². The summed E-state index contributed by atoms with van der Waals surface area (Å²) in [5.41, 5.74) is 6.21. The Balaban J connectivity index is 2.07. The summed E-state index contributed by atoms with van der Waals surface area (Å²) in [5, 5.41) is 0. The third-order valence-corrected chi connectivity index (χ3v) is 3.82. The summed E-state index contributed by atoms with van der Waals surface area (Å²) >= 11 is 4.93. The summed E-state index contributed by atoms with van der Waals surface area (Å²) in [7, 11) is 0. The van der Waals surface area contributed by atoms with Gasteiger partial charge in [-0.15, -0.1) is 0 Å². The third-order valence-electron chi connectivity index (χ3n) is 3.61. The van der Waals surface area contributed by atoms with E-state index in [0.29, 0.717) is 22.5 Å². The Morgan fingerprint density at radius 2 is 2.22 bits per heavy atom. The third kappa shape index (κ3) is 3.19. The summed E-state index contributed by atoms with van der Waals surface area (Å²) in [4.78, 5) is 4.66. The molecule has 2 N–H and O–H groups in total. The molecule has 0 bridgehead atoms. The second-order valence-corrected chi connectivity index (χ2v) is 5.27. The zero-order valence-electron chi connectivity index (χ0n) is 10.8. The van der Waals surface area contributed by atoms with Crippen molar-refractivity contribution >= 4 is 17.2 Å². The second kappa shape index (κ2) is 6.14. The van der Waals surface area contributed by atoms with Crippen LogP contribution in [0.5, 0.6) is 5.88 Å². The normalized spacial score (nSPS) is 23.6. The van der Waals surface area contributed by atoms with Crippen LogP contribution in [0.3, 0.4) is 0 Å². The number of thiocarbonyl (C=S) groups is 1. The van der Waals surface area contributed by atoms with E-state index in [1.165, 1.54) is 25.7 Å². The molecule has 2 unspecified atom stereocenters. The zero-order valence-corrected chi connectivity index (χ0v) is 11.6. The quantitative estimate of drug-likeness (QED) is 0.849. The molecule has 0 spiro atoms. The summed E-state index contributed by atoms with van der Waals surface area (Å²) in [6, 6.07) is 5.58. The van der Waals surface area contributed by atoms with Crippen molar-refractivity contribution in [1.82, 2.24) is 4.98 Å². The first-order chi connectivity index (χ1) is 8.70. The van der Waals surface area contributed by atoms with Crippen LogP contribution >= 0.6 is 12.2 Å². The van der Waals surface area contributed by atoms with Crippen LogP contribution in [0.4, 0.5) is 0 Å². The number of ether oxygens (including phenoxy) is 1. The SMILES string of the molecule is CCC1CCCCC1Oc1cccc(C(N)=S)n1. The molecule has 3 nitrogen and oxygen atoms in total. The molecular weight excluding hydrogens is 244 g/mol. The molecule has 0 aromatic carbocycles. The number of nitrogens with zero attached hydrogens (tertiary/aromatic N) is 1. The molecule has 1 aliphatic rings. The van der Waals surface area contributed by atoms with Gasteiger partial charge in [-0.25, -0.2) is 4.98 Å². The fraction of sp³-hybridized carbons (Fsp3) is 0.571. The van der Waals surface area contributed by atoms with Crippen molar-refractivity contribution in [2.24, 2.45) is 11.7 Å². The summed E-state index contributed by atoms with van der Waals surface area (Å²) < 4.78 is 6.02. The Labute approximate surface area is 114 Å². The topological polar surface area (TPSA) is 48.1 Å². The van der Waals surface area contributed by atoms with Gasteiger partial charge in [0.05, 0.1) is 0 Å². The number of hydrogen-bond donors (Lipinski definition) is 1. The fourth-order valence-corrected chi connectivity index (χ4v) is 2.68. The van der Waals surface area contributed by atoms with E-state index in [1.54, 1.807) is 0 Å². The standard InChI is InChI=1S/C14H20N2OS/c1-2-10-6-3-4-8-12(10)17-13-9-5-7-11(16-13)14(15)18/h5,7,9-10,12H,2-4,6,8H2,1H3,(H2,15,18). The van der Waals surface area contributed by atoms with Crippen molar-refractivity contribution in [1.29, 1.82) is 0 Å². The first kappa shape index (κ1) is 13.3. The largest absolute Gasteiger partial charge is 0.474 e. The molecule has 0 aliphatic heterocycles. The first-order valence-electron chi connectivity index (χ1n) is 6.64. The van der Waals surface area contributed by atoms with Crippen molar-refractivity contribution in [3.8, 4) is 5.88 Å². The molecule has 98 valence electrons. The van der Waals surface area contributed by atoms with E-state index in [4.69, 9.17) is 22.7 Å². The lowest BCUT2D eigenvalue weighted by Gasteiger charge is -2.30. The van der Waals surface area contributed by atoms with Gasteiger partial charge < -0.3 is 10.5 Å². The number of hydrogen-bond acceptors (Lipinski definition) is 3. The van der Waals surface area contributed by atoms with E-state index in [2.05, 4.69) is 11.9 Å². The van der Waals surface area contributed by atoms with Crippen molar-refractivity contribution in [2.75, 3.05) is 0 Å². The molecule has 1 fully saturated rings. The van der Waals surface area contributed by atoms with Gasteiger partial charge in [0, 0.05) is 6.07 Å². The minimum Gasteiger partial charge on any atom is -0.474 e. The van der Waals surface area contributed by atoms with Gasteiger partial charge in [0.2, 0.25) is 5.88 Å². The van der Waals surface area contributed by atoms with Crippen LogP contribution in [0.1, 0.15) is 44.7 Å². The molecule has 0 saturated heterocycles. The van der Waals surface area contributed by atoms with E-state index in [0.717, 1.165) is 6.42 Å². The maximum atomic E-state index is 6.02. The summed E-state index contributed by atoms with van der Waals surface area (Å²) in [5.74, 6) is 1.29. The molecule has 0 amide bonds. The van der Waals surface area contributed by atoms with Gasteiger partial charge in [-0.05, 0) is 37.7 Å². The molecule has 4 heteroatoms. The zero-order chi connectivity index (χ0) is 13.0. The Morgan fingerprint density at radius 3 is 2.94 bits per heavy atom. The Hall–Kier alpha value is -1.16. The average molecular weight is 264 g/mol. The van der Waals surface area contributed by atoms with E-state index in [9.17, 15) is 0 Å². The van der Waals surface area contributed by atoms with E-state index >= 15 is 0 Å². The van der Waals surface area contributed by atoms with Gasteiger partial charge in [0.1, 0.15) is 16.8 Å². The Morgan fingerprint density at radius 1 is 1.44 bits per heavy atom. The molecule has 2 rings (SSSR count). The summed E-state index contributed by atoms with van der Waals surface area (Å²) in [6.07, 6.45) is 6.40. The molecule has 1 heterocycles. The molecule has 1 aromatic rings. The molecule has 1 aliphatic carbocycles. The molecular formula is C14H20N2OS. The van der Waals surface area contributed by atoms with Crippen LogP contribution < -0.4 is 10.5 Å². The predicted octanol–water partition coefficient (Wildman–Crippen LogP) is 3.06. The maximum absolute atomic E-state index is 6.02. The van der Waals surface area contributed by atoms with Gasteiger partial charge in [-0.3, -0.25) is 0 Å². The number of pyridine rings is 1. The Kier molecular flexibility index (Phi) is 4.53. The monoisotopic (exact) mass is 264 g/mol. The van der Waals surface area contributed by atoms with Crippen molar-refractivity contribution in [3.05, 3.63) is 23.9 Å². The number of aromatic nitrogens is 1. The fourth-order valence-electron chi connectivity index (χ4n) is 2.57. The highest BCUT2D eigenvalue weighted by Gasteiger charge is 2.25. The van der Waals surface area contributed by atoms with Gasteiger partial charge in [-0.1, -0.05) is 31.6 Å². The minimum absolute atomic E-state index is 0.290.